The van der Waals surface area contributed by atoms with Crippen LogP contribution < -0.4 is 0 Å². The summed E-state index contributed by atoms with van der Waals surface area (Å²) in [6, 6.07) is 24.0. The van der Waals surface area contributed by atoms with Gasteiger partial charge in [0.05, 0.1) is 0 Å². The Morgan fingerprint density at radius 3 is 2.27 bits per heavy atom. The van der Waals surface area contributed by atoms with Crippen LogP contribution in [0.3, 0.4) is 0 Å². The van der Waals surface area contributed by atoms with E-state index in [0.717, 1.165) is 12.8 Å². The molecule has 2 heteroatoms. The van der Waals surface area contributed by atoms with Gasteiger partial charge in [-0.25, -0.2) is 0 Å². The van der Waals surface area contributed by atoms with Gasteiger partial charge >= 0.3 is 0 Å². The predicted octanol–water partition coefficient (Wildman–Crippen LogP) is 5.40. The number of rotatable bonds is 3. The van der Waals surface area contributed by atoms with E-state index in [1.165, 1.54) is 22.3 Å². The quantitative estimate of drug-likeness (QED) is 0.668. The zero-order valence-electron chi connectivity index (χ0n) is 15.0. The maximum absolute atomic E-state index is 10.0. The molecule has 0 aromatic heterocycles. The summed E-state index contributed by atoms with van der Waals surface area (Å²) < 4.78 is 0. The Kier molecular flexibility index (Phi) is 4.42. The van der Waals surface area contributed by atoms with Gasteiger partial charge in [-0.15, -0.1) is 0 Å². The van der Waals surface area contributed by atoms with Crippen LogP contribution in [-0.4, -0.2) is 10.2 Å². The molecule has 0 bridgehead atoms. The Morgan fingerprint density at radius 1 is 0.846 bits per heavy atom. The van der Waals surface area contributed by atoms with Crippen molar-refractivity contribution in [1.82, 2.24) is 0 Å². The summed E-state index contributed by atoms with van der Waals surface area (Å²) >= 11 is 0. The zero-order valence-corrected chi connectivity index (χ0v) is 15.0. The molecular weight excluding hydrogens is 320 g/mol. The van der Waals surface area contributed by atoms with Crippen LogP contribution >= 0.6 is 0 Å². The molecular formula is C24H24O2. The summed E-state index contributed by atoms with van der Waals surface area (Å²) in [5, 5.41) is 19.7. The molecule has 0 fully saturated rings. The lowest BCUT2D eigenvalue weighted by Crippen LogP contribution is -2.27. The van der Waals surface area contributed by atoms with Crippen molar-refractivity contribution in [3.8, 4) is 11.5 Å². The van der Waals surface area contributed by atoms with Crippen LogP contribution in [0.2, 0.25) is 0 Å². The number of phenolic OH excluding ortho intramolecular Hbond substituents is 2. The maximum Gasteiger partial charge on any atom is 0.115 e. The molecule has 1 aliphatic carbocycles. The first kappa shape index (κ1) is 16.7. The fraction of sp³-hybridized carbons (Fsp3) is 0.250. The highest BCUT2D eigenvalue weighted by Crippen LogP contribution is 2.46. The van der Waals surface area contributed by atoms with Crippen molar-refractivity contribution in [3.63, 3.8) is 0 Å². The van der Waals surface area contributed by atoms with E-state index in [2.05, 4.69) is 37.3 Å². The van der Waals surface area contributed by atoms with Gasteiger partial charge < -0.3 is 10.2 Å². The van der Waals surface area contributed by atoms with E-state index in [0.29, 0.717) is 29.3 Å². The Balaban J connectivity index is 1.74. The normalized spacial score (nSPS) is 22.0. The molecule has 1 aliphatic rings. The zero-order chi connectivity index (χ0) is 18.1. The van der Waals surface area contributed by atoms with Gasteiger partial charge in [-0.3, -0.25) is 0 Å². The predicted molar refractivity (Wildman–Crippen MR) is 105 cm³/mol. The highest BCUT2D eigenvalue weighted by Gasteiger charge is 2.34. The van der Waals surface area contributed by atoms with Gasteiger partial charge in [0.1, 0.15) is 11.5 Å². The second-order valence-electron chi connectivity index (χ2n) is 7.44. The third kappa shape index (κ3) is 3.20. The summed E-state index contributed by atoms with van der Waals surface area (Å²) in [4.78, 5) is 0. The average molecular weight is 344 g/mol. The highest BCUT2D eigenvalue weighted by atomic mass is 16.3. The number of hydrogen-bond donors (Lipinski definition) is 2. The fourth-order valence-corrected chi connectivity index (χ4v) is 4.41. The minimum atomic E-state index is 0.309. The van der Waals surface area contributed by atoms with Crippen LogP contribution in [0.15, 0.2) is 72.8 Å². The van der Waals surface area contributed by atoms with Crippen LogP contribution in [0.25, 0.3) is 0 Å². The highest BCUT2D eigenvalue weighted by molar-refractivity contribution is 5.43. The van der Waals surface area contributed by atoms with Crippen molar-refractivity contribution >= 4 is 0 Å². The van der Waals surface area contributed by atoms with Gasteiger partial charge in [0, 0.05) is 0 Å². The minimum Gasteiger partial charge on any atom is -0.508 e. The molecule has 0 radical (unpaired) electrons. The number of benzene rings is 3. The molecule has 4 rings (SSSR count). The molecule has 3 aromatic carbocycles. The summed E-state index contributed by atoms with van der Waals surface area (Å²) in [6.45, 7) is 2.32. The third-order valence-electron chi connectivity index (χ3n) is 5.86. The third-order valence-corrected chi connectivity index (χ3v) is 5.86. The molecule has 0 aliphatic heterocycles. The lowest BCUT2D eigenvalue weighted by Gasteiger charge is -2.38. The summed E-state index contributed by atoms with van der Waals surface area (Å²) in [7, 11) is 0. The van der Waals surface area contributed by atoms with Gasteiger partial charge in [0.15, 0.2) is 0 Å². The van der Waals surface area contributed by atoms with Crippen molar-refractivity contribution in [2.45, 2.75) is 31.6 Å². The second kappa shape index (κ2) is 6.87. The number of fused-ring (bicyclic) bond motifs is 1. The molecule has 0 spiro atoms. The van der Waals surface area contributed by atoms with Gasteiger partial charge in [-0.1, -0.05) is 55.5 Å². The van der Waals surface area contributed by atoms with Crippen LogP contribution in [-0.2, 0) is 12.8 Å². The molecule has 26 heavy (non-hydrogen) atoms. The Bertz CT molecular complexity index is 884. The van der Waals surface area contributed by atoms with E-state index in [9.17, 15) is 10.2 Å². The van der Waals surface area contributed by atoms with Crippen LogP contribution in [0.5, 0.6) is 11.5 Å². The lowest BCUT2D eigenvalue weighted by atomic mass is 9.66. The van der Waals surface area contributed by atoms with Crippen LogP contribution in [0.1, 0.15) is 41.0 Å². The van der Waals surface area contributed by atoms with E-state index < -0.39 is 0 Å². The van der Waals surface area contributed by atoms with Crippen molar-refractivity contribution < 1.29 is 10.2 Å². The first-order valence-corrected chi connectivity index (χ1v) is 9.26. The van der Waals surface area contributed by atoms with Gasteiger partial charge in [0.25, 0.3) is 0 Å². The molecule has 2 nitrogen and oxygen atoms in total. The number of hydrogen-bond acceptors (Lipinski definition) is 2. The Hall–Kier alpha value is -2.74. The monoisotopic (exact) mass is 344 g/mol. The van der Waals surface area contributed by atoms with Gasteiger partial charge in [-0.2, -0.15) is 0 Å². The standard InChI is InChI=1S/C24H24O2/c1-16-22(18-7-10-20(25)11-8-18)14-19-9-12-21(26)15-24(19)23(16)13-17-5-3-2-4-6-17/h2-12,15-16,22-23,25-26H,13-14H2,1H3. The van der Waals surface area contributed by atoms with Crippen LogP contribution in [0.4, 0.5) is 0 Å². The molecule has 0 saturated heterocycles. The van der Waals surface area contributed by atoms with Gasteiger partial charge in [0.2, 0.25) is 0 Å². The minimum absolute atomic E-state index is 0.309. The lowest BCUT2D eigenvalue weighted by molar-refractivity contribution is 0.347. The Labute approximate surface area is 154 Å². The smallest absolute Gasteiger partial charge is 0.115 e. The van der Waals surface area contributed by atoms with Gasteiger partial charge in [-0.05, 0) is 77.1 Å². The molecule has 0 amide bonds. The summed E-state index contributed by atoms with van der Waals surface area (Å²) in [5.74, 6) is 1.85. The maximum atomic E-state index is 10.0. The molecule has 0 heterocycles. The van der Waals surface area contributed by atoms with Crippen LogP contribution in [0, 0.1) is 5.92 Å². The fourth-order valence-electron chi connectivity index (χ4n) is 4.41. The first-order valence-electron chi connectivity index (χ1n) is 9.26. The topological polar surface area (TPSA) is 40.5 Å². The van der Waals surface area contributed by atoms with Crippen molar-refractivity contribution in [2.24, 2.45) is 5.92 Å². The van der Waals surface area contributed by atoms with E-state index >= 15 is 0 Å². The number of phenols is 2. The van der Waals surface area contributed by atoms with Crippen molar-refractivity contribution in [3.05, 3.63) is 95.1 Å². The van der Waals surface area contributed by atoms with E-state index in [1.54, 1.807) is 18.2 Å². The largest absolute Gasteiger partial charge is 0.508 e. The van der Waals surface area contributed by atoms with E-state index in [1.807, 2.05) is 24.3 Å². The Morgan fingerprint density at radius 2 is 1.54 bits per heavy atom. The van der Waals surface area contributed by atoms with E-state index in [-0.39, 0.29) is 0 Å². The SMILES string of the molecule is CC1C(c2ccc(O)cc2)Cc2ccc(O)cc2C1Cc1ccccc1. The van der Waals surface area contributed by atoms with Crippen molar-refractivity contribution in [2.75, 3.05) is 0 Å². The molecule has 3 unspecified atom stereocenters. The van der Waals surface area contributed by atoms with Crippen molar-refractivity contribution in [1.29, 1.82) is 0 Å². The van der Waals surface area contributed by atoms with E-state index in [4.69, 9.17) is 0 Å². The number of aromatic hydroxyl groups is 2. The summed E-state index contributed by atoms with van der Waals surface area (Å²) in [6.07, 6.45) is 1.93. The average Bonchev–Trinajstić information content (AvgIpc) is 2.66. The second-order valence-corrected chi connectivity index (χ2v) is 7.44. The molecule has 3 aromatic rings. The first-order chi connectivity index (χ1) is 12.6. The molecule has 132 valence electrons. The summed E-state index contributed by atoms with van der Waals surface area (Å²) in [5.41, 5.74) is 5.19. The molecule has 2 N–H and O–H groups in total. The molecule has 0 saturated carbocycles. The molecule has 3 atom stereocenters.